The van der Waals surface area contributed by atoms with Crippen molar-refractivity contribution in [3.05, 3.63) is 58.0 Å². The highest BCUT2D eigenvalue weighted by Crippen LogP contribution is 2.30. The Kier molecular flexibility index (Phi) is 4.34. The van der Waals surface area contributed by atoms with Gasteiger partial charge in [-0.05, 0) is 49.8 Å². The van der Waals surface area contributed by atoms with Crippen LogP contribution in [0.2, 0.25) is 0 Å². The number of rotatable bonds is 4. The van der Waals surface area contributed by atoms with Gasteiger partial charge in [0.05, 0.1) is 6.04 Å². The Morgan fingerprint density at radius 2 is 1.55 bits per heavy atom. The summed E-state index contributed by atoms with van der Waals surface area (Å²) in [7, 11) is 0. The van der Waals surface area contributed by atoms with Gasteiger partial charge in [0.1, 0.15) is 11.5 Å². The van der Waals surface area contributed by atoms with Crippen molar-refractivity contribution >= 4 is 0 Å². The molecule has 2 atom stereocenters. The summed E-state index contributed by atoms with van der Waals surface area (Å²) >= 11 is 0. The van der Waals surface area contributed by atoms with Gasteiger partial charge >= 0.3 is 0 Å². The van der Waals surface area contributed by atoms with E-state index < -0.39 is 0 Å². The fraction of sp³-hybridized carbons (Fsp3) is 0.444. The van der Waals surface area contributed by atoms with Crippen LogP contribution in [0.3, 0.4) is 0 Å². The zero-order chi connectivity index (χ0) is 14.9. The molecule has 0 radical (unpaired) electrons. The third kappa shape index (κ3) is 2.66. The van der Waals surface area contributed by atoms with Crippen LogP contribution in [0.1, 0.15) is 66.0 Å². The third-order valence-electron chi connectivity index (χ3n) is 4.41. The van der Waals surface area contributed by atoms with E-state index in [1.807, 2.05) is 13.8 Å². The third-order valence-corrected chi connectivity index (χ3v) is 4.41. The van der Waals surface area contributed by atoms with Crippen molar-refractivity contribution in [3.63, 3.8) is 0 Å². The minimum absolute atomic E-state index is 0.113. The minimum atomic E-state index is -0.113. The van der Waals surface area contributed by atoms with E-state index in [4.69, 9.17) is 10.2 Å². The summed E-state index contributed by atoms with van der Waals surface area (Å²) in [5.41, 5.74) is 11.2. The standard InChI is InChI=1S/C18H25NO/c1-6-11(2)15-7-9-16(10-8-15)18(19)17-12(3)13(4)20-14(17)5/h7-11,18H,6,19H2,1-5H3. The van der Waals surface area contributed by atoms with E-state index in [0.29, 0.717) is 5.92 Å². The van der Waals surface area contributed by atoms with Gasteiger partial charge in [0.2, 0.25) is 0 Å². The SMILES string of the molecule is CCC(C)c1ccc(C(N)c2c(C)oc(C)c2C)cc1. The van der Waals surface area contributed by atoms with E-state index in [2.05, 4.69) is 45.0 Å². The Hall–Kier alpha value is -1.54. The van der Waals surface area contributed by atoms with E-state index in [-0.39, 0.29) is 6.04 Å². The van der Waals surface area contributed by atoms with Crippen LogP contribution in [0.15, 0.2) is 28.7 Å². The van der Waals surface area contributed by atoms with Crippen molar-refractivity contribution in [2.24, 2.45) is 5.73 Å². The zero-order valence-corrected chi connectivity index (χ0v) is 13.2. The number of benzene rings is 1. The molecule has 0 aliphatic heterocycles. The second-order valence-electron chi connectivity index (χ2n) is 5.71. The first-order valence-corrected chi connectivity index (χ1v) is 7.37. The fourth-order valence-corrected chi connectivity index (χ4v) is 2.70. The van der Waals surface area contributed by atoms with Gasteiger partial charge in [-0.2, -0.15) is 0 Å². The highest BCUT2D eigenvalue weighted by molar-refractivity contribution is 5.41. The highest BCUT2D eigenvalue weighted by atomic mass is 16.3. The van der Waals surface area contributed by atoms with Gasteiger partial charge in [0.25, 0.3) is 0 Å². The molecule has 2 unspecified atom stereocenters. The lowest BCUT2D eigenvalue weighted by Crippen LogP contribution is -2.13. The Morgan fingerprint density at radius 1 is 1.00 bits per heavy atom. The molecule has 0 aliphatic rings. The van der Waals surface area contributed by atoms with Crippen molar-refractivity contribution in [1.82, 2.24) is 0 Å². The van der Waals surface area contributed by atoms with Gasteiger partial charge in [-0.1, -0.05) is 38.1 Å². The second kappa shape index (κ2) is 5.84. The molecule has 0 amide bonds. The Bertz CT molecular complexity index is 580. The topological polar surface area (TPSA) is 39.2 Å². The van der Waals surface area contributed by atoms with Crippen LogP contribution >= 0.6 is 0 Å². The number of furan rings is 1. The monoisotopic (exact) mass is 271 g/mol. The van der Waals surface area contributed by atoms with Crippen molar-refractivity contribution in [2.45, 2.75) is 53.0 Å². The normalized spacial score (nSPS) is 14.3. The van der Waals surface area contributed by atoms with Crippen LogP contribution < -0.4 is 5.73 Å². The molecule has 0 fully saturated rings. The molecule has 2 nitrogen and oxygen atoms in total. The molecular weight excluding hydrogens is 246 g/mol. The molecule has 1 aromatic carbocycles. The van der Waals surface area contributed by atoms with Gasteiger partial charge in [-0.25, -0.2) is 0 Å². The minimum Gasteiger partial charge on any atom is -0.466 e. The smallest absolute Gasteiger partial charge is 0.106 e. The fourth-order valence-electron chi connectivity index (χ4n) is 2.70. The van der Waals surface area contributed by atoms with Gasteiger partial charge < -0.3 is 10.2 Å². The number of hydrogen-bond donors (Lipinski definition) is 1. The van der Waals surface area contributed by atoms with Gasteiger partial charge in [0, 0.05) is 5.56 Å². The molecule has 2 aromatic rings. The van der Waals surface area contributed by atoms with Gasteiger partial charge in [-0.15, -0.1) is 0 Å². The summed E-state index contributed by atoms with van der Waals surface area (Å²) < 4.78 is 5.69. The number of aryl methyl sites for hydroxylation is 2. The highest BCUT2D eigenvalue weighted by Gasteiger charge is 2.19. The van der Waals surface area contributed by atoms with E-state index in [9.17, 15) is 0 Å². The summed E-state index contributed by atoms with van der Waals surface area (Å²) in [6.07, 6.45) is 1.16. The summed E-state index contributed by atoms with van der Waals surface area (Å²) in [5.74, 6) is 2.49. The van der Waals surface area contributed by atoms with Crippen LogP contribution in [0.4, 0.5) is 0 Å². The maximum absolute atomic E-state index is 6.43. The number of nitrogens with two attached hydrogens (primary N) is 1. The molecule has 1 aromatic heterocycles. The molecule has 1 heterocycles. The van der Waals surface area contributed by atoms with E-state index >= 15 is 0 Å². The van der Waals surface area contributed by atoms with Crippen LogP contribution in [0.5, 0.6) is 0 Å². The maximum Gasteiger partial charge on any atom is 0.106 e. The lowest BCUT2D eigenvalue weighted by atomic mass is 9.92. The van der Waals surface area contributed by atoms with E-state index in [1.165, 1.54) is 11.1 Å². The lowest BCUT2D eigenvalue weighted by Gasteiger charge is -2.15. The quantitative estimate of drug-likeness (QED) is 0.870. The van der Waals surface area contributed by atoms with Crippen molar-refractivity contribution in [2.75, 3.05) is 0 Å². The van der Waals surface area contributed by atoms with Crippen LogP contribution in [0.25, 0.3) is 0 Å². The predicted octanol–water partition coefficient (Wildman–Crippen LogP) is 4.77. The van der Waals surface area contributed by atoms with Crippen LogP contribution in [0, 0.1) is 20.8 Å². The first-order chi connectivity index (χ1) is 9.45. The summed E-state index contributed by atoms with van der Waals surface area (Å²) in [4.78, 5) is 0. The summed E-state index contributed by atoms with van der Waals surface area (Å²) in [5, 5.41) is 0. The largest absolute Gasteiger partial charge is 0.466 e. The van der Waals surface area contributed by atoms with Crippen molar-refractivity contribution in [3.8, 4) is 0 Å². The van der Waals surface area contributed by atoms with Crippen LogP contribution in [-0.2, 0) is 0 Å². The zero-order valence-electron chi connectivity index (χ0n) is 13.2. The maximum atomic E-state index is 6.43. The van der Waals surface area contributed by atoms with E-state index in [1.54, 1.807) is 0 Å². The van der Waals surface area contributed by atoms with Crippen molar-refractivity contribution < 1.29 is 4.42 Å². The summed E-state index contributed by atoms with van der Waals surface area (Å²) in [6, 6.07) is 8.57. The predicted molar refractivity (Wildman–Crippen MR) is 84.1 cm³/mol. The molecule has 108 valence electrons. The van der Waals surface area contributed by atoms with Crippen LogP contribution in [-0.4, -0.2) is 0 Å². The Labute approximate surface area is 122 Å². The molecule has 0 spiro atoms. The molecule has 2 rings (SSSR count). The molecule has 2 heteroatoms. The molecule has 20 heavy (non-hydrogen) atoms. The molecule has 2 N–H and O–H groups in total. The van der Waals surface area contributed by atoms with Gasteiger partial charge in [-0.3, -0.25) is 0 Å². The molecule has 0 saturated heterocycles. The molecule has 0 saturated carbocycles. The molecular formula is C18H25NO. The Balaban J connectivity index is 2.31. The Morgan fingerprint density at radius 3 is 2.00 bits per heavy atom. The average Bonchev–Trinajstić information content (AvgIpc) is 2.71. The number of hydrogen-bond acceptors (Lipinski definition) is 2. The first-order valence-electron chi connectivity index (χ1n) is 7.37. The average molecular weight is 271 g/mol. The lowest BCUT2D eigenvalue weighted by molar-refractivity contribution is 0.498. The van der Waals surface area contributed by atoms with Crippen molar-refractivity contribution in [1.29, 1.82) is 0 Å². The van der Waals surface area contributed by atoms with E-state index in [0.717, 1.165) is 29.1 Å². The molecule has 0 bridgehead atoms. The second-order valence-corrected chi connectivity index (χ2v) is 5.71. The first kappa shape index (κ1) is 14.9. The molecule has 0 aliphatic carbocycles. The summed E-state index contributed by atoms with van der Waals surface area (Å²) in [6.45, 7) is 10.5. The van der Waals surface area contributed by atoms with Gasteiger partial charge in [0.15, 0.2) is 0 Å².